The molecule has 0 aromatic heterocycles. The molecule has 0 spiro atoms. The summed E-state index contributed by atoms with van der Waals surface area (Å²) in [5, 5.41) is 11.2. The van der Waals surface area contributed by atoms with E-state index < -0.39 is 6.23 Å². The van der Waals surface area contributed by atoms with Crippen LogP contribution in [-0.2, 0) is 0 Å². The summed E-state index contributed by atoms with van der Waals surface area (Å²) in [5.41, 5.74) is 3.96. The lowest BCUT2D eigenvalue weighted by molar-refractivity contribution is -0.0189. The van der Waals surface area contributed by atoms with Crippen LogP contribution in [0.2, 0.25) is 15.1 Å². The summed E-state index contributed by atoms with van der Waals surface area (Å²) in [6, 6.07) is 26.0. The molecule has 158 valence electrons. The number of hydrazone groups is 1. The topological polar surface area (TPSA) is 24.8 Å². The van der Waals surface area contributed by atoms with Crippen LogP contribution in [-0.4, -0.2) is 10.7 Å². The highest BCUT2D eigenvalue weighted by molar-refractivity contribution is 6.35. The fourth-order valence-corrected chi connectivity index (χ4v) is 5.29. The zero-order valence-corrected chi connectivity index (χ0v) is 19.1. The van der Waals surface area contributed by atoms with Gasteiger partial charge in [0.25, 0.3) is 0 Å². The van der Waals surface area contributed by atoms with E-state index in [1.165, 1.54) is 10.8 Å². The lowest BCUT2D eigenvalue weighted by atomic mass is 9.95. The second-order valence-corrected chi connectivity index (χ2v) is 9.32. The van der Waals surface area contributed by atoms with E-state index in [0.29, 0.717) is 20.8 Å². The number of ether oxygens (including phenoxy) is 1. The van der Waals surface area contributed by atoms with Crippen LogP contribution in [0.4, 0.5) is 0 Å². The predicted molar refractivity (Wildman–Crippen MR) is 131 cm³/mol. The fraction of sp³-hybridized carbons (Fsp3) is 0.115. The van der Waals surface area contributed by atoms with E-state index in [-0.39, 0.29) is 6.04 Å². The normalized spacial score (nSPS) is 19.3. The third-order valence-electron chi connectivity index (χ3n) is 6.02. The van der Waals surface area contributed by atoms with Crippen molar-refractivity contribution in [1.29, 1.82) is 0 Å². The maximum atomic E-state index is 6.55. The molecule has 2 aliphatic rings. The van der Waals surface area contributed by atoms with Crippen molar-refractivity contribution in [2.24, 2.45) is 5.10 Å². The van der Waals surface area contributed by atoms with Gasteiger partial charge in [-0.2, -0.15) is 5.10 Å². The molecule has 4 aromatic carbocycles. The van der Waals surface area contributed by atoms with Gasteiger partial charge in [0.2, 0.25) is 6.23 Å². The largest absolute Gasteiger partial charge is 0.463 e. The molecule has 32 heavy (non-hydrogen) atoms. The van der Waals surface area contributed by atoms with Crippen molar-refractivity contribution in [3.8, 4) is 5.75 Å². The number of nitrogens with zero attached hydrogens (tertiary/aromatic N) is 2. The van der Waals surface area contributed by atoms with E-state index >= 15 is 0 Å². The van der Waals surface area contributed by atoms with Crippen molar-refractivity contribution in [1.82, 2.24) is 5.01 Å². The summed E-state index contributed by atoms with van der Waals surface area (Å²) in [4.78, 5) is 0. The first-order chi connectivity index (χ1) is 15.6. The number of hydrogen-bond acceptors (Lipinski definition) is 3. The summed E-state index contributed by atoms with van der Waals surface area (Å²) in [6.45, 7) is 0. The smallest absolute Gasteiger partial charge is 0.214 e. The van der Waals surface area contributed by atoms with Gasteiger partial charge >= 0.3 is 0 Å². The molecule has 0 saturated carbocycles. The van der Waals surface area contributed by atoms with E-state index in [2.05, 4.69) is 36.4 Å². The average Bonchev–Trinajstić information content (AvgIpc) is 3.24. The van der Waals surface area contributed by atoms with Crippen LogP contribution >= 0.6 is 34.8 Å². The Morgan fingerprint density at radius 3 is 2.50 bits per heavy atom. The van der Waals surface area contributed by atoms with Gasteiger partial charge in [-0.15, -0.1) is 0 Å². The van der Waals surface area contributed by atoms with Crippen LogP contribution in [0.15, 0.2) is 84.0 Å². The number of hydrogen-bond donors (Lipinski definition) is 0. The summed E-state index contributed by atoms with van der Waals surface area (Å²) in [6.07, 6.45) is 0.283. The Morgan fingerprint density at radius 1 is 0.812 bits per heavy atom. The summed E-state index contributed by atoms with van der Waals surface area (Å²) in [7, 11) is 0. The molecule has 0 unspecified atom stereocenters. The Kier molecular flexibility index (Phi) is 4.80. The highest BCUT2D eigenvalue weighted by Crippen LogP contribution is 2.51. The van der Waals surface area contributed by atoms with Gasteiger partial charge in [0.15, 0.2) is 0 Å². The van der Waals surface area contributed by atoms with E-state index in [1.54, 1.807) is 6.07 Å². The van der Waals surface area contributed by atoms with Crippen molar-refractivity contribution in [3.63, 3.8) is 0 Å². The molecule has 6 heteroatoms. The fourth-order valence-electron chi connectivity index (χ4n) is 4.54. The summed E-state index contributed by atoms with van der Waals surface area (Å²) in [5.74, 6) is 0.650. The quantitative estimate of drug-likeness (QED) is 0.290. The molecular weight excluding hydrogens is 463 g/mol. The van der Waals surface area contributed by atoms with E-state index in [1.807, 2.05) is 41.4 Å². The molecule has 0 amide bonds. The molecule has 0 N–H and O–H groups in total. The molecule has 2 atom stereocenters. The Hall–Kier alpha value is -2.72. The molecule has 0 aliphatic carbocycles. The van der Waals surface area contributed by atoms with Crippen molar-refractivity contribution >= 4 is 51.3 Å². The van der Waals surface area contributed by atoms with Gasteiger partial charge in [0.05, 0.1) is 16.8 Å². The molecular formula is C26H17Cl3N2O. The first-order valence-electron chi connectivity index (χ1n) is 10.3. The molecule has 2 heterocycles. The van der Waals surface area contributed by atoms with Crippen LogP contribution in [0.3, 0.4) is 0 Å². The van der Waals surface area contributed by atoms with Gasteiger partial charge in [-0.1, -0.05) is 83.3 Å². The highest BCUT2D eigenvalue weighted by atomic mass is 35.5. The molecule has 0 saturated heterocycles. The molecule has 0 bridgehead atoms. The minimum atomic E-state index is -0.442. The van der Waals surface area contributed by atoms with Crippen LogP contribution in [0.25, 0.3) is 10.8 Å². The number of rotatable bonds is 2. The minimum absolute atomic E-state index is 0.0413. The number of halogens is 3. The minimum Gasteiger partial charge on any atom is -0.463 e. The van der Waals surface area contributed by atoms with E-state index in [9.17, 15) is 0 Å². The first-order valence-corrected chi connectivity index (χ1v) is 11.5. The Labute approximate surface area is 200 Å². The van der Waals surface area contributed by atoms with E-state index in [4.69, 9.17) is 44.6 Å². The third kappa shape index (κ3) is 3.32. The van der Waals surface area contributed by atoms with Gasteiger partial charge in [-0.3, -0.25) is 0 Å². The van der Waals surface area contributed by atoms with Gasteiger partial charge in [0.1, 0.15) is 5.75 Å². The number of benzene rings is 4. The highest BCUT2D eigenvalue weighted by Gasteiger charge is 2.42. The van der Waals surface area contributed by atoms with Crippen molar-refractivity contribution < 1.29 is 4.74 Å². The third-order valence-corrected chi connectivity index (χ3v) is 6.76. The van der Waals surface area contributed by atoms with Crippen LogP contribution in [0.5, 0.6) is 5.75 Å². The van der Waals surface area contributed by atoms with Crippen molar-refractivity contribution in [2.75, 3.05) is 0 Å². The zero-order chi connectivity index (χ0) is 21.8. The number of fused-ring (bicyclic) bond motifs is 4. The lowest BCUT2D eigenvalue weighted by Gasteiger charge is -2.38. The molecule has 4 aromatic rings. The molecule has 6 rings (SSSR count). The molecule has 3 nitrogen and oxygen atoms in total. The second-order valence-electron chi connectivity index (χ2n) is 8.04. The molecule has 2 aliphatic heterocycles. The Balaban J connectivity index is 1.48. The van der Waals surface area contributed by atoms with Gasteiger partial charge in [-0.25, -0.2) is 5.01 Å². The van der Waals surface area contributed by atoms with Crippen LogP contribution in [0.1, 0.15) is 35.4 Å². The maximum Gasteiger partial charge on any atom is 0.214 e. The van der Waals surface area contributed by atoms with Gasteiger partial charge in [-0.05, 0) is 46.7 Å². The first kappa shape index (κ1) is 19.9. The van der Waals surface area contributed by atoms with Gasteiger partial charge < -0.3 is 4.74 Å². The van der Waals surface area contributed by atoms with Crippen LogP contribution < -0.4 is 4.74 Å². The predicted octanol–water partition coefficient (Wildman–Crippen LogP) is 8.04. The standard InChI is InChI=1S/C26H17Cl3N2O/c27-19-7-3-6-18(11-19)26-31-24(21-12-20(28)13-22(29)25(21)32-26)14-23(30-31)17-9-8-15-4-1-2-5-16(15)10-17/h1-13,24,26H,14H2/t24-,26+/m1/s1. The molecule has 0 radical (unpaired) electrons. The van der Waals surface area contributed by atoms with Crippen LogP contribution in [0, 0.1) is 0 Å². The maximum absolute atomic E-state index is 6.55. The monoisotopic (exact) mass is 478 g/mol. The zero-order valence-electron chi connectivity index (χ0n) is 16.8. The Bertz CT molecular complexity index is 1400. The molecule has 0 fully saturated rings. The van der Waals surface area contributed by atoms with Gasteiger partial charge in [0, 0.05) is 27.6 Å². The summed E-state index contributed by atoms with van der Waals surface area (Å²) >= 11 is 19.2. The average molecular weight is 480 g/mol. The lowest BCUT2D eigenvalue weighted by Crippen LogP contribution is -2.33. The van der Waals surface area contributed by atoms with Crippen molar-refractivity contribution in [2.45, 2.75) is 18.7 Å². The summed E-state index contributed by atoms with van der Waals surface area (Å²) < 4.78 is 6.40. The second kappa shape index (κ2) is 7.70. The van der Waals surface area contributed by atoms with E-state index in [0.717, 1.165) is 28.8 Å². The Morgan fingerprint density at radius 2 is 1.66 bits per heavy atom. The van der Waals surface area contributed by atoms with Crippen molar-refractivity contribution in [3.05, 3.63) is 111 Å². The SMILES string of the molecule is Clc1cccc([C@@H]2Oc3c(Cl)cc(Cl)cc3[C@H]3CC(c4ccc5ccccc5c4)=NN32)c1.